The third-order valence-electron chi connectivity index (χ3n) is 6.92. The molecule has 3 heterocycles. The lowest BCUT2D eigenvalue weighted by atomic mass is 9.96. The third kappa shape index (κ3) is 6.40. The van der Waals surface area contributed by atoms with Crippen LogP contribution in [0.15, 0.2) is 65.2 Å². The summed E-state index contributed by atoms with van der Waals surface area (Å²) in [4.78, 5) is 24.5. The second kappa shape index (κ2) is 11.8. The van der Waals surface area contributed by atoms with Crippen molar-refractivity contribution in [2.75, 3.05) is 45.8 Å². The molecule has 1 unspecified atom stereocenters. The number of piperidine rings is 1. The van der Waals surface area contributed by atoms with E-state index in [9.17, 15) is 4.79 Å². The van der Waals surface area contributed by atoms with Gasteiger partial charge in [-0.3, -0.25) is 14.6 Å². The van der Waals surface area contributed by atoms with Crippen LogP contribution in [0.1, 0.15) is 24.3 Å². The van der Waals surface area contributed by atoms with Crippen LogP contribution < -0.4 is 0 Å². The minimum Gasteiger partial charge on any atom is -0.340 e. The van der Waals surface area contributed by atoms with Gasteiger partial charge in [0.2, 0.25) is 17.6 Å². The summed E-state index contributed by atoms with van der Waals surface area (Å²) in [6.07, 6.45) is 6.31. The summed E-state index contributed by atoms with van der Waals surface area (Å²) in [5, 5.41) is 4.75. The molecular weight excluding hydrogens is 474 g/mol. The topological polar surface area (TPSA) is 65.7 Å². The summed E-state index contributed by atoms with van der Waals surface area (Å²) in [5.74, 6) is 1.41. The Morgan fingerprint density at radius 3 is 2.67 bits per heavy atom. The number of likely N-dealkylation sites (tertiary alicyclic amines) is 1. The Morgan fingerprint density at radius 1 is 1.03 bits per heavy atom. The minimum atomic E-state index is 0.0265. The SMILES string of the molecule is O=C(C1CCCN(Cc2nc(-c3cccc(Cl)c3)no2)C1)N1CCN(C/C=C/c2ccccc2)CC1. The number of amides is 1. The fourth-order valence-electron chi connectivity index (χ4n) is 4.97. The van der Waals surface area contributed by atoms with E-state index in [1.165, 1.54) is 5.56 Å². The molecule has 2 aromatic carbocycles. The second-order valence-corrected chi connectivity index (χ2v) is 9.97. The summed E-state index contributed by atoms with van der Waals surface area (Å²) in [5.41, 5.74) is 2.05. The number of piperazine rings is 1. The van der Waals surface area contributed by atoms with Gasteiger partial charge in [0, 0.05) is 49.9 Å². The second-order valence-electron chi connectivity index (χ2n) is 9.54. The molecule has 0 N–H and O–H groups in total. The first kappa shape index (κ1) is 24.7. The third-order valence-corrected chi connectivity index (χ3v) is 7.16. The van der Waals surface area contributed by atoms with Crippen LogP contribution in [0, 0.1) is 5.92 Å². The van der Waals surface area contributed by atoms with Crippen molar-refractivity contribution in [3.63, 3.8) is 0 Å². The molecule has 2 aliphatic rings. The minimum absolute atomic E-state index is 0.0265. The van der Waals surface area contributed by atoms with Crippen LogP contribution in [-0.2, 0) is 11.3 Å². The summed E-state index contributed by atoms with van der Waals surface area (Å²) >= 11 is 6.08. The maximum atomic E-state index is 13.3. The van der Waals surface area contributed by atoms with E-state index in [-0.39, 0.29) is 11.8 Å². The standard InChI is InChI=1S/C28H32ClN5O2/c29-25-12-4-10-23(19-25)27-30-26(36-31-27)21-33-14-6-11-24(20-33)28(35)34-17-15-32(16-18-34)13-5-9-22-7-2-1-3-8-22/h1-5,7-10,12,19,24H,6,11,13-18,20-21H2/b9-5+. The predicted molar refractivity (Wildman–Crippen MR) is 141 cm³/mol. The van der Waals surface area contributed by atoms with Crippen LogP contribution in [0.2, 0.25) is 5.02 Å². The number of rotatable bonds is 7. The van der Waals surface area contributed by atoms with Crippen molar-refractivity contribution < 1.29 is 9.32 Å². The first-order valence-electron chi connectivity index (χ1n) is 12.7. The van der Waals surface area contributed by atoms with Gasteiger partial charge in [-0.05, 0) is 37.1 Å². The Balaban J connectivity index is 1.09. The van der Waals surface area contributed by atoms with Gasteiger partial charge in [0.05, 0.1) is 12.5 Å². The maximum absolute atomic E-state index is 13.3. The van der Waals surface area contributed by atoms with Gasteiger partial charge < -0.3 is 9.42 Å². The summed E-state index contributed by atoms with van der Waals surface area (Å²) in [6.45, 7) is 6.54. The lowest BCUT2D eigenvalue weighted by Crippen LogP contribution is -2.52. The highest BCUT2D eigenvalue weighted by molar-refractivity contribution is 6.30. The lowest BCUT2D eigenvalue weighted by molar-refractivity contribution is -0.139. The molecule has 1 atom stereocenters. The summed E-state index contributed by atoms with van der Waals surface area (Å²) in [6, 6.07) is 17.8. The molecule has 8 heteroatoms. The zero-order valence-corrected chi connectivity index (χ0v) is 21.2. The average molecular weight is 506 g/mol. The number of aromatic nitrogens is 2. The normalized spacial score (nSPS) is 19.7. The van der Waals surface area contributed by atoms with Crippen LogP contribution in [0.4, 0.5) is 0 Å². The van der Waals surface area contributed by atoms with Crippen LogP contribution in [0.3, 0.4) is 0 Å². The molecule has 0 radical (unpaired) electrons. The van der Waals surface area contributed by atoms with Crippen molar-refractivity contribution in [2.24, 2.45) is 5.92 Å². The molecule has 2 fully saturated rings. The van der Waals surface area contributed by atoms with Crippen LogP contribution >= 0.6 is 11.6 Å². The molecule has 2 aliphatic heterocycles. The Morgan fingerprint density at radius 2 is 1.86 bits per heavy atom. The zero-order valence-electron chi connectivity index (χ0n) is 20.4. The van der Waals surface area contributed by atoms with Gasteiger partial charge in [-0.25, -0.2) is 0 Å². The quantitative estimate of drug-likeness (QED) is 0.472. The van der Waals surface area contributed by atoms with Crippen LogP contribution in [0.5, 0.6) is 0 Å². The van der Waals surface area contributed by atoms with Crippen molar-refractivity contribution in [2.45, 2.75) is 19.4 Å². The van der Waals surface area contributed by atoms with E-state index in [0.29, 0.717) is 23.3 Å². The highest BCUT2D eigenvalue weighted by Crippen LogP contribution is 2.23. The van der Waals surface area contributed by atoms with E-state index < -0.39 is 0 Å². The molecule has 188 valence electrons. The number of carbonyl (C=O) groups excluding carboxylic acids is 1. The molecule has 1 amide bonds. The molecule has 0 spiro atoms. The molecule has 5 rings (SSSR count). The van der Waals surface area contributed by atoms with Gasteiger partial charge >= 0.3 is 0 Å². The van der Waals surface area contributed by atoms with Crippen molar-refractivity contribution >= 4 is 23.6 Å². The van der Waals surface area contributed by atoms with Gasteiger partial charge in [-0.2, -0.15) is 4.98 Å². The van der Waals surface area contributed by atoms with E-state index in [1.54, 1.807) is 0 Å². The van der Waals surface area contributed by atoms with E-state index >= 15 is 0 Å². The number of halogens is 1. The molecule has 36 heavy (non-hydrogen) atoms. The molecule has 0 bridgehead atoms. The van der Waals surface area contributed by atoms with Crippen LogP contribution in [0.25, 0.3) is 17.5 Å². The fraction of sp³-hybridized carbons (Fsp3) is 0.393. The van der Waals surface area contributed by atoms with Crippen molar-refractivity contribution in [3.05, 3.63) is 77.2 Å². The summed E-state index contributed by atoms with van der Waals surface area (Å²) in [7, 11) is 0. The fourth-order valence-corrected chi connectivity index (χ4v) is 5.16. The van der Waals surface area contributed by atoms with Crippen LogP contribution in [-0.4, -0.2) is 76.6 Å². The largest absolute Gasteiger partial charge is 0.340 e. The van der Waals surface area contributed by atoms with Gasteiger partial charge in [-0.1, -0.05) is 71.4 Å². The van der Waals surface area contributed by atoms with Gasteiger partial charge in [0.1, 0.15) is 0 Å². The smallest absolute Gasteiger partial charge is 0.241 e. The number of nitrogens with zero attached hydrogens (tertiary/aromatic N) is 5. The van der Waals surface area contributed by atoms with E-state index in [4.69, 9.17) is 16.1 Å². The molecule has 3 aromatic rings. The van der Waals surface area contributed by atoms with Gasteiger partial charge in [0.15, 0.2) is 0 Å². The molecule has 7 nitrogen and oxygen atoms in total. The van der Waals surface area contributed by atoms with Crippen molar-refractivity contribution in [1.29, 1.82) is 0 Å². The average Bonchev–Trinajstić information content (AvgIpc) is 3.38. The highest BCUT2D eigenvalue weighted by Gasteiger charge is 2.31. The van der Waals surface area contributed by atoms with E-state index in [0.717, 1.165) is 64.2 Å². The number of benzene rings is 2. The highest BCUT2D eigenvalue weighted by atomic mass is 35.5. The Hall–Kier alpha value is -3.00. The lowest BCUT2D eigenvalue weighted by Gasteiger charge is -2.38. The molecule has 2 saturated heterocycles. The molecule has 0 aliphatic carbocycles. The Kier molecular flexibility index (Phi) is 8.11. The first-order valence-corrected chi connectivity index (χ1v) is 13.1. The predicted octanol–water partition coefficient (Wildman–Crippen LogP) is 4.46. The summed E-state index contributed by atoms with van der Waals surface area (Å²) < 4.78 is 5.49. The monoisotopic (exact) mass is 505 g/mol. The van der Waals surface area contributed by atoms with Gasteiger partial charge in [0.25, 0.3) is 0 Å². The van der Waals surface area contributed by atoms with Gasteiger partial charge in [-0.15, -0.1) is 0 Å². The molecular formula is C28H32ClN5O2. The van der Waals surface area contributed by atoms with Crippen molar-refractivity contribution in [1.82, 2.24) is 24.8 Å². The van der Waals surface area contributed by atoms with E-state index in [1.807, 2.05) is 30.3 Å². The number of carbonyl (C=O) groups is 1. The Bertz CT molecular complexity index is 1170. The Labute approximate surface area is 217 Å². The molecule has 0 saturated carbocycles. The van der Waals surface area contributed by atoms with Crippen molar-refractivity contribution in [3.8, 4) is 11.4 Å². The maximum Gasteiger partial charge on any atom is 0.241 e. The zero-order chi connectivity index (χ0) is 24.7. The first-order chi connectivity index (χ1) is 17.6. The number of hydrogen-bond donors (Lipinski definition) is 0. The van der Waals surface area contributed by atoms with E-state index in [2.05, 4.69) is 61.3 Å². The number of hydrogen-bond acceptors (Lipinski definition) is 6. The molecule has 1 aromatic heterocycles.